The molecule has 0 aliphatic carbocycles. The van der Waals surface area contributed by atoms with Crippen LogP contribution in [0.1, 0.15) is 22.3 Å². The molecule has 0 unspecified atom stereocenters. The van der Waals surface area contributed by atoms with Crippen LogP contribution < -0.4 is 0 Å². The Bertz CT molecular complexity index is 336. The van der Waals surface area contributed by atoms with E-state index < -0.39 is 23.7 Å². The predicted octanol–water partition coefficient (Wildman–Crippen LogP) is 2.03. The first-order valence-corrected chi connectivity index (χ1v) is 3.36. The first kappa shape index (κ1) is 9.44. The Kier molecular flexibility index (Phi) is 2.46. The molecule has 1 rings (SSSR count). The molecule has 0 atom stereocenters. The van der Waals surface area contributed by atoms with Gasteiger partial charge in [0.25, 0.3) is 6.43 Å². The van der Waals surface area contributed by atoms with Crippen LogP contribution in [0.5, 0.6) is 5.75 Å². The number of phenols is 1. The number of carbonyl (C=O) groups is 1. The summed E-state index contributed by atoms with van der Waals surface area (Å²) in [4.78, 5) is 10.4. The summed E-state index contributed by atoms with van der Waals surface area (Å²) in [5.74, 6) is -1.90. The quantitative estimate of drug-likeness (QED) is 0.746. The Hall–Kier alpha value is -1.65. The van der Waals surface area contributed by atoms with Crippen molar-refractivity contribution in [3.63, 3.8) is 0 Å². The number of hydrogen-bond acceptors (Lipinski definition) is 2. The summed E-state index contributed by atoms with van der Waals surface area (Å²) in [6.07, 6.45) is -2.88. The number of hydrogen-bond donors (Lipinski definition) is 2. The molecule has 13 heavy (non-hydrogen) atoms. The van der Waals surface area contributed by atoms with Crippen LogP contribution in [-0.2, 0) is 0 Å². The van der Waals surface area contributed by atoms with E-state index in [9.17, 15) is 13.6 Å². The van der Waals surface area contributed by atoms with Crippen molar-refractivity contribution in [3.05, 3.63) is 29.3 Å². The van der Waals surface area contributed by atoms with Gasteiger partial charge in [0, 0.05) is 0 Å². The van der Waals surface area contributed by atoms with Gasteiger partial charge in [-0.05, 0) is 18.2 Å². The maximum absolute atomic E-state index is 12.1. The number of carboxylic acid groups (broad SMARTS) is 1. The maximum atomic E-state index is 12.1. The molecule has 0 heterocycles. The van der Waals surface area contributed by atoms with Gasteiger partial charge in [-0.15, -0.1) is 0 Å². The Balaban J connectivity index is 3.19. The van der Waals surface area contributed by atoms with Gasteiger partial charge in [-0.2, -0.15) is 0 Å². The maximum Gasteiger partial charge on any atom is 0.335 e. The van der Waals surface area contributed by atoms with E-state index in [2.05, 4.69) is 0 Å². The van der Waals surface area contributed by atoms with E-state index in [-0.39, 0.29) is 5.56 Å². The lowest BCUT2D eigenvalue weighted by molar-refractivity contribution is 0.0696. The Labute approximate surface area is 72.2 Å². The second kappa shape index (κ2) is 3.38. The van der Waals surface area contributed by atoms with Crippen molar-refractivity contribution in [3.8, 4) is 5.75 Å². The molecule has 0 aliphatic rings. The summed E-state index contributed by atoms with van der Waals surface area (Å²) >= 11 is 0. The van der Waals surface area contributed by atoms with Crippen LogP contribution in [0.25, 0.3) is 0 Å². The van der Waals surface area contributed by atoms with Crippen molar-refractivity contribution in [1.82, 2.24) is 0 Å². The number of rotatable bonds is 2. The van der Waals surface area contributed by atoms with Crippen molar-refractivity contribution in [2.24, 2.45) is 0 Å². The van der Waals surface area contributed by atoms with Crippen molar-refractivity contribution < 1.29 is 23.8 Å². The summed E-state index contributed by atoms with van der Waals surface area (Å²) in [6, 6.07) is 2.75. The van der Waals surface area contributed by atoms with Crippen LogP contribution in [0.3, 0.4) is 0 Å². The molecule has 0 saturated heterocycles. The smallest absolute Gasteiger partial charge is 0.335 e. The van der Waals surface area contributed by atoms with Crippen LogP contribution in [-0.4, -0.2) is 16.2 Å². The van der Waals surface area contributed by atoms with Gasteiger partial charge in [-0.3, -0.25) is 0 Å². The van der Waals surface area contributed by atoms with Crippen molar-refractivity contribution in [2.75, 3.05) is 0 Å². The highest BCUT2D eigenvalue weighted by Crippen LogP contribution is 2.28. The number of halogens is 2. The van der Waals surface area contributed by atoms with Crippen LogP contribution in [0, 0.1) is 0 Å². The van der Waals surface area contributed by atoms with E-state index in [1.807, 2.05) is 0 Å². The third-order valence-corrected chi connectivity index (χ3v) is 1.51. The van der Waals surface area contributed by atoms with E-state index in [4.69, 9.17) is 10.2 Å². The molecule has 3 nitrogen and oxygen atoms in total. The zero-order valence-corrected chi connectivity index (χ0v) is 6.37. The average molecular weight is 188 g/mol. The Morgan fingerprint density at radius 3 is 2.46 bits per heavy atom. The summed E-state index contributed by atoms with van der Waals surface area (Å²) in [5, 5.41) is 17.4. The summed E-state index contributed by atoms with van der Waals surface area (Å²) < 4.78 is 24.2. The minimum atomic E-state index is -2.88. The van der Waals surface area contributed by atoms with Crippen molar-refractivity contribution in [1.29, 1.82) is 0 Å². The number of alkyl halides is 2. The fourth-order valence-corrected chi connectivity index (χ4v) is 0.862. The fourth-order valence-electron chi connectivity index (χ4n) is 0.862. The zero-order chi connectivity index (χ0) is 10.0. The number of aromatic hydroxyl groups is 1. The molecule has 0 amide bonds. The second-order valence-corrected chi connectivity index (χ2v) is 2.38. The van der Waals surface area contributed by atoms with Crippen LogP contribution in [0.2, 0.25) is 0 Å². The molecule has 0 fully saturated rings. The highest BCUT2D eigenvalue weighted by Gasteiger charge is 2.15. The number of aromatic carboxylic acids is 1. The second-order valence-electron chi connectivity index (χ2n) is 2.38. The van der Waals surface area contributed by atoms with E-state index >= 15 is 0 Å². The minimum absolute atomic E-state index is 0.270. The van der Waals surface area contributed by atoms with Gasteiger partial charge < -0.3 is 10.2 Å². The van der Waals surface area contributed by atoms with Gasteiger partial charge in [0.15, 0.2) is 0 Å². The summed E-state index contributed by atoms with van der Waals surface area (Å²) in [7, 11) is 0. The lowest BCUT2D eigenvalue weighted by Crippen LogP contribution is -1.97. The number of carboxylic acids is 1. The standard InChI is InChI=1S/C8H6F2O3/c9-7(10)5-3-4(8(12)13)1-2-6(5)11/h1-3,7,11H,(H,12,13). The highest BCUT2D eigenvalue weighted by molar-refractivity contribution is 5.88. The Morgan fingerprint density at radius 1 is 1.38 bits per heavy atom. The highest BCUT2D eigenvalue weighted by atomic mass is 19.3. The minimum Gasteiger partial charge on any atom is -0.507 e. The lowest BCUT2D eigenvalue weighted by atomic mass is 10.1. The van der Waals surface area contributed by atoms with Gasteiger partial charge in [0.1, 0.15) is 5.75 Å². The third-order valence-electron chi connectivity index (χ3n) is 1.51. The monoisotopic (exact) mass is 188 g/mol. The molecule has 0 bridgehead atoms. The molecule has 0 spiro atoms. The van der Waals surface area contributed by atoms with Gasteiger partial charge >= 0.3 is 5.97 Å². The lowest BCUT2D eigenvalue weighted by Gasteiger charge is -2.03. The van der Waals surface area contributed by atoms with E-state index in [1.165, 1.54) is 0 Å². The Morgan fingerprint density at radius 2 is 2.00 bits per heavy atom. The predicted molar refractivity (Wildman–Crippen MR) is 40.0 cm³/mol. The van der Waals surface area contributed by atoms with E-state index in [1.54, 1.807) is 0 Å². The van der Waals surface area contributed by atoms with Gasteiger partial charge in [0.05, 0.1) is 11.1 Å². The van der Waals surface area contributed by atoms with E-state index in [0.29, 0.717) is 0 Å². The summed E-state index contributed by atoms with van der Waals surface area (Å²) in [5.41, 5.74) is -0.937. The largest absolute Gasteiger partial charge is 0.507 e. The molecule has 0 aliphatic heterocycles. The van der Waals surface area contributed by atoms with Gasteiger partial charge in [-0.25, -0.2) is 13.6 Å². The molecule has 5 heteroatoms. The number of benzene rings is 1. The van der Waals surface area contributed by atoms with Gasteiger partial charge in [0.2, 0.25) is 0 Å². The number of phenolic OH excluding ortho intramolecular Hbond substituents is 1. The average Bonchev–Trinajstić information content (AvgIpc) is 2.04. The van der Waals surface area contributed by atoms with Crippen LogP contribution in [0.4, 0.5) is 8.78 Å². The molecule has 0 radical (unpaired) electrons. The first-order valence-electron chi connectivity index (χ1n) is 3.36. The fraction of sp³-hybridized carbons (Fsp3) is 0.125. The molecule has 1 aromatic carbocycles. The van der Waals surface area contributed by atoms with E-state index in [0.717, 1.165) is 18.2 Å². The molecule has 1 aromatic rings. The first-order chi connectivity index (χ1) is 6.02. The summed E-state index contributed by atoms with van der Waals surface area (Å²) in [6.45, 7) is 0. The normalized spacial score (nSPS) is 10.4. The van der Waals surface area contributed by atoms with Crippen LogP contribution >= 0.6 is 0 Å². The van der Waals surface area contributed by atoms with Crippen LogP contribution in [0.15, 0.2) is 18.2 Å². The molecular formula is C8H6F2O3. The molecule has 2 N–H and O–H groups in total. The molecule has 0 aromatic heterocycles. The SMILES string of the molecule is O=C(O)c1ccc(O)c(C(F)F)c1. The molecular weight excluding hydrogens is 182 g/mol. The van der Waals surface area contributed by atoms with Gasteiger partial charge in [-0.1, -0.05) is 0 Å². The van der Waals surface area contributed by atoms with Crippen molar-refractivity contribution in [2.45, 2.75) is 6.43 Å². The zero-order valence-electron chi connectivity index (χ0n) is 6.37. The third kappa shape index (κ3) is 1.93. The molecule has 70 valence electrons. The topological polar surface area (TPSA) is 57.5 Å². The molecule has 0 saturated carbocycles. The van der Waals surface area contributed by atoms with Crippen molar-refractivity contribution >= 4 is 5.97 Å².